The van der Waals surface area contributed by atoms with Gasteiger partial charge in [-0.3, -0.25) is 0 Å². The highest BCUT2D eigenvalue weighted by Gasteiger charge is 2.15. The highest BCUT2D eigenvalue weighted by molar-refractivity contribution is 9.10. The zero-order valence-electron chi connectivity index (χ0n) is 13.1. The molecule has 0 atom stereocenters. The summed E-state index contributed by atoms with van der Waals surface area (Å²) >= 11 is 3.60. The van der Waals surface area contributed by atoms with Gasteiger partial charge < -0.3 is 14.8 Å². The minimum atomic E-state index is 0.222. The van der Waals surface area contributed by atoms with E-state index in [0.29, 0.717) is 6.04 Å². The summed E-state index contributed by atoms with van der Waals surface area (Å²) in [5.41, 5.74) is 1.18. The number of hydrogen-bond acceptors (Lipinski definition) is 3. The van der Waals surface area contributed by atoms with Gasteiger partial charge in [-0.25, -0.2) is 0 Å². The van der Waals surface area contributed by atoms with Crippen LogP contribution in [0.25, 0.3) is 0 Å². The van der Waals surface area contributed by atoms with Crippen LogP contribution in [0, 0.1) is 0 Å². The number of methoxy groups -OCH3 is 1. The fourth-order valence-corrected chi connectivity index (χ4v) is 2.52. The van der Waals surface area contributed by atoms with Crippen LogP contribution in [0.5, 0.6) is 11.5 Å². The molecule has 3 nitrogen and oxygen atoms in total. The third-order valence-electron chi connectivity index (χ3n) is 3.20. The quantitative estimate of drug-likeness (QED) is 0.752. The van der Waals surface area contributed by atoms with Crippen molar-refractivity contribution in [1.82, 2.24) is 5.32 Å². The van der Waals surface area contributed by atoms with Gasteiger partial charge >= 0.3 is 0 Å². The average Bonchev–Trinajstić information content (AvgIpc) is 2.43. The number of nitrogens with one attached hydrogen (secondary N) is 1. The van der Waals surface area contributed by atoms with Crippen molar-refractivity contribution in [1.29, 1.82) is 0 Å². The van der Waals surface area contributed by atoms with E-state index in [1.165, 1.54) is 5.56 Å². The highest BCUT2D eigenvalue weighted by atomic mass is 79.9. The second-order valence-corrected chi connectivity index (χ2v) is 6.06. The van der Waals surface area contributed by atoms with Gasteiger partial charge in [0.25, 0.3) is 0 Å². The van der Waals surface area contributed by atoms with E-state index in [4.69, 9.17) is 9.47 Å². The summed E-state index contributed by atoms with van der Waals surface area (Å²) in [5.74, 6) is 1.58. The molecule has 0 aromatic heterocycles. The SMILES string of the molecule is CCC(CC)Oc1c(Br)cc(CNC(C)C)cc1OC. The lowest BCUT2D eigenvalue weighted by molar-refractivity contribution is 0.183. The van der Waals surface area contributed by atoms with E-state index in [2.05, 4.69) is 55.0 Å². The molecular formula is C16H26BrNO2. The van der Waals surface area contributed by atoms with Gasteiger partial charge in [-0.1, -0.05) is 27.7 Å². The van der Waals surface area contributed by atoms with Crippen LogP contribution in [0.15, 0.2) is 16.6 Å². The first kappa shape index (κ1) is 17.3. The molecule has 0 aliphatic heterocycles. The van der Waals surface area contributed by atoms with Crippen LogP contribution in [-0.4, -0.2) is 19.3 Å². The minimum absolute atomic E-state index is 0.222. The van der Waals surface area contributed by atoms with Crippen molar-refractivity contribution >= 4 is 15.9 Å². The summed E-state index contributed by atoms with van der Waals surface area (Å²) in [4.78, 5) is 0. The fourth-order valence-electron chi connectivity index (χ4n) is 1.93. The van der Waals surface area contributed by atoms with Crippen LogP contribution >= 0.6 is 15.9 Å². The normalized spacial score (nSPS) is 11.2. The summed E-state index contributed by atoms with van der Waals surface area (Å²) < 4.78 is 12.5. The van der Waals surface area contributed by atoms with E-state index in [1.54, 1.807) is 7.11 Å². The van der Waals surface area contributed by atoms with Gasteiger partial charge in [0.15, 0.2) is 11.5 Å². The summed E-state index contributed by atoms with van der Waals surface area (Å²) in [7, 11) is 1.68. The Kier molecular flexibility index (Phi) is 7.38. The number of halogens is 1. The molecule has 114 valence electrons. The van der Waals surface area contributed by atoms with Gasteiger partial charge in [0.05, 0.1) is 17.7 Å². The van der Waals surface area contributed by atoms with Crippen molar-refractivity contribution in [3.63, 3.8) is 0 Å². The van der Waals surface area contributed by atoms with E-state index in [1.807, 2.05) is 6.07 Å². The maximum Gasteiger partial charge on any atom is 0.175 e. The smallest absolute Gasteiger partial charge is 0.175 e. The lowest BCUT2D eigenvalue weighted by atomic mass is 10.1. The van der Waals surface area contributed by atoms with Crippen molar-refractivity contribution in [3.8, 4) is 11.5 Å². The van der Waals surface area contributed by atoms with Crippen molar-refractivity contribution in [2.75, 3.05) is 7.11 Å². The first-order chi connectivity index (χ1) is 9.51. The van der Waals surface area contributed by atoms with E-state index in [9.17, 15) is 0 Å². The van der Waals surface area contributed by atoms with Gasteiger partial charge in [-0.15, -0.1) is 0 Å². The van der Waals surface area contributed by atoms with Crippen LogP contribution in [-0.2, 0) is 6.54 Å². The number of benzene rings is 1. The van der Waals surface area contributed by atoms with Gasteiger partial charge in [-0.2, -0.15) is 0 Å². The zero-order valence-corrected chi connectivity index (χ0v) is 14.7. The van der Waals surface area contributed by atoms with E-state index in [0.717, 1.165) is 35.4 Å². The Morgan fingerprint density at radius 1 is 1.20 bits per heavy atom. The molecule has 0 radical (unpaired) electrons. The number of ether oxygens (including phenoxy) is 2. The predicted octanol–water partition coefficient (Wildman–Crippen LogP) is 4.52. The fraction of sp³-hybridized carbons (Fsp3) is 0.625. The van der Waals surface area contributed by atoms with Crippen molar-refractivity contribution < 1.29 is 9.47 Å². The number of hydrogen-bond donors (Lipinski definition) is 1. The summed E-state index contributed by atoms with van der Waals surface area (Å²) in [6.45, 7) is 9.36. The second kappa shape index (κ2) is 8.53. The van der Waals surface area contributed by atoms with Crippen LogP contribution in [0.1, 0.15) is 46.1 Å². The van der Waals surface area contributed by atoms with Crippen LogP contribution in [0.4, 0.5) is 0 Å². The Morgan fingerprint density at radius 2 is 1.85 bits per heavy atom. The Hall–Kier alpha value is -0.740. The number of rotatable bonds is 8. The third-order valence-corrected chi connectivity index (χ3v) is 3.79. The minimum Gasteiger partial charge on any atom is -0.493 e. The molecule has 0 saturated carbocycles. The molecule has 0 heterocycles. The Balaban J connectivity index is 2.95. The first-order valence-corrected chi connectivity index (χ1v) is 8.07. The van der Waals surface area contributed by atoms with Gasteiger partial charge in [0.2, 0.25) is 0 Å². The third kappa shape index (κ3) is 4.98. The topological polar surface area (TPSA) is 30.5 Å². The maximum atomic E-state index is 6.05. The Morgan fingerprint density at radius 3 is 2.35 bits per heavy atom. The molecule has 1 rings (SSSR count). The zero-order chi connectivity index (χ0) is 15.1. The monoisotopic (exact) mass is 343 g/mol. The van der Waals surface area contributed by atoms with Crippen LogP contribution in [0.2, 0.25) is 0 Å². The highest BCUT2D eigenvalue weighted by Crippen LogP contribution is 2.37. The molecule has 0 saturated heterocycles. The van der Waals surface area contributed by atoms with Gasteiger partial charge in [-0.05, 0) is 46.5 Å². The van der Waals surface area contributed by atoms with E-state index >= 15 is 0 Å². The molecular weight excluding hydrogens is 318 g/mol. The lowest BCUT2D eigenvalue weighted by Crippen LogP contribution is -2.22. The second-order valence-electron chi connectivity index (χ2n) is 5.20. The molecule has 0 spiro atoms. The summed E-state index contributed by atoms with van der Waals surface area (Å²) in [5, 5.41) is 3.41. The molecule has 0 bridgehead atoms. The van der Waals surface area contributed by atoms with Gasteiger partial charge in [0, 0.05) is 12.6 Å². The summed E-state index contributed by atoms with van der Waals surface area (Å²) in [6.07, 6.45) is 2.20. The molecule has 0 amide bonds. The van der Waals surface area contributed by atoms with Crippen molar-refractivity contribution in [3.05, 3.63) is 22.2 Å². The lowest BCUT2D eigenvalue weighted by Gasteiger charge is -2.20. The first-order valence-electron chi connectivity index (χ1n) is 7.28. The van der Waals surface area contributed by atoms with E-state index in [-0.39, 0.29) is 6.10 Å². The molecule has 0 unspecified atom stereocenters. The standard InChI is InChI=1S/C16H26BrNO2/c1-6-13(7-2)20-16-14(17)8-12(9-15(16)19-5)10-18-11(3)4/h8-9,11,13,18H,6-7,10H2,1-5H3. The molecule has 1 aromatic rings. The molecule has 20 heavy (non-hydrogen) atoms. The molecule has 4 heteroatoms. The van der Waals surface area contributed by atoms with Crippen molar-refractivity contribution in [2.24, 2.45) is 0 Å². The average molecular weight is 344 g/mol. The molecule has 0 aliphatic carbocycles. The molecule has 0 fully saturated rings. The largest absolute Gasteiger partial charge is 0.493 e. The predicted molar refractivity (Wildman–Crippen MR) is 87.7 cm³/mol. The van der Waals surface area contributed by atoms with Crippen LogP contribution in [0.3, 0.4) is 0 Å². The van der Waals surface area contributed by atoms with Crippen LogP contribution < -0.4 is 14.8 Å². The molecule has 0 aliphatic rings. The van der Waals surface area contributed by atoms with Crippen molar-refractivity contribution in [2.45, 2.75) is 59.2 Å². The summed E-state index contributed by atoms with van der Waals surface area (Å²) in [6, 6.07) is 4.59. The maximum absolute atomic E-state index is 6.05. The Labute approximate surface area is 131 Å². The molecule has 1 N–H and O–H groups in total. The Bertz CT molecular complexity index is 417. The van der Waals surface area contributed by atoms with E-state index < -0.39 is 0 Å². The molecule has 1 aromatic carbocycles. The van der Waals surface area contributed by atoms with Gasteiger partial charge in [0.1, 0.15) is 0 Å².